The second-order valence-corrected chi connectivity index (χ2v) is 9.11. The number of rotatable bonds is 7. The van der Waals surface area contributed by atoms with E-state index in [1.165, 1.54) is 11.1 Å². The molecule has 0 spiro atoms. The van der Waals surface area contributed by atoms with Crippen molar-refractivity contribution in [2.75, 3.05) is 30.9 Å². The quantitative estimate of drug-likeness (QED) is 0.344. The third kappa shape index (κ3) is 4.68. The molecule has 1 aliphatic rings. The summed E-state index contributed by atoms with van der Waals surface area (Å²) in [4.78, 5) is 16.3. The van der Waals surface area contributed by atoms with Gasteiger partial charge in [-0.15, -0.1) is 0 Å². The molecular formula is C27H29ClN6O. The molecule has 0 saturated heterocycles. The lowest BCUT2D eigenvalue weighted by Crippen LogP contribution is -2.24. The average molecular weight is 489 g/mol. The van der Waals surface area contributed by atoms with Gasteiger partial charge in [-0.1, -0.05) is 41.9 Å². The van der Waals surface area contributed by atoms with Crippen LogP contribution in [0.2, 0.25) is 5.15 Å². The number of imidazole rings is 1. The van der Waals surface area contributed by atoms with Gasteiger partial charge >= 0.3 is 0 Å². The first-order valence-electron chi connectivity index (χ1n) is 11.9. The summed E-state index contributed by atoms with van der Waals surface area (Å²) in [5.74, 6) is 2.53. The van der Waals surface area contributed by atoms with E-state index in [1.807, 2.05) is 22.8 Å². The smallest absolute Gasteiger partial charge is 0.229 e. The minimum absolute atomic E-state index is 0.260. The predicted molar refractivity (Wildman–Crippen MR) is 141 cm³/mol. The number of halogens is 1. The zero-order chi connectivity index (χ0) is 24.4. The Hall–Kier alpha value is -3.58. The van der Waals surface area contributed by atoms with Crippen molar-refractivity contribution in [2.45, 2.75) is 32.1 Å². The largest absolute Gasteiger partial charge is 0.494 e. The number of aromatic nitrogens is 4. The Kier molecular flexibility index (Phi) is 6.59. The summed E-state index contributed by atoms with van der Waals surface area (Å²) in [6.45, 7) is 3.01. The second kappa shape index (κ2) is 9.96. The first-order chi connectivity index (χ1) is 17.1. The Labute approximate surface area is 210 Å². The molecule has 2 aromatic carbocycles. The van der Waals surface area contributed by atoms with Crippen LogP contribution >= 0.6 is 11.6 Å². The highest BCUT2D eigenvalue weighted by molar-refractivity contribution is 6.29. The number of nitrogens with zero attached hydrogens (tertiary/aromatic N) is 5. The Balaban J connectivity index is 1.54. The zero-order valence-electron chi connectivity index (χ0n) is 20.2. The highest BCUT2D eigenvalue weighted by atomic mass is 35.5. The molecule has 0 aliphatic heterocycles. The van der Waals surface area contributed by atoms with Crippen LogP contribution in [0, 0.1) is 0 Å². The molecule has 0 saturated carbocycles. The monoisotopic (exact) mass is 488 g/mol. The summed E-state index contributed by atoms with van der Waals surface area (Å²) in [5, 5.41) is 3.85. The van der Waals surface area contributed by atoms with Gasteiger partial charge in [0.25, 0.3) is 0 Å². The topological polar surface area (TPSA) is 68.1 Å². The van der Waals surface area contributed by atoms with Crippen LogP contribution in [-0.2, 0) is 6.42 Å². The first-order valence-corrected chi connectivity index (χ1v) is 12.3. The number of benzene rings is 2. The van der Waals surface area contributed by atoms with Gasteiger partial charge in [0.05, 0.1) is 18.5 Å². The van der Waals surface area contributed by atoms with E-state index >= 15 is 0 Å². The van der Waals surface area contributed by atoms with Crippen molar-refractivity contribution in [2.24, 2.45) is 0 Å². The SMILES string of the molecule is CCN(C)c1nc(Nc2ccc(-n3cnc(Cl)c3)c(OC)c2)nc2c1CCC[C@H]2c1ccccc1. The van der Waals surface area contributed by atoms with Gasteiger partial charge in [-0.25, -0.2) is 9.97 Å². The van der Waals surface area contributed by atoms with E-state index in [-0.39, 0.29) is 5.92 Å². The summed E-state index contributed by atoms with van der Waals surface area (Å²) in [6, 6.07) is 16.5. The van der Waals surface area contributed by atoms with Crippen molar-refractivity contribution in [1.82, 2.24) is 19.5 Å². The molecular weight excluding hydrogens is 460 g/mol. The fraction of sp³-hybridized carbons (Fsp3) is 0.296. The van der Waals surface area contributed by atoms with E-state index in [0.717, 1.165) is 48.7 Å². The lowest BCUT2D eigenvalue weighted by Gasteiger charge is -2.29. The molecule has 0 amide bonds. The molecule has 35 heavy (non-hydrogen) atoms. The third-order valence-electron chi connectivity index (χ3n) is 6.57. The maximum absolute atomic E-state index is 6.01. The molecule has 5 rings (SSSR count). The number of anilines is 3. The number of nitrogens with one attached hydrogen (secondary N) is 1. The van der Waals surface area contributed by atoms with Crippen LogP contribution in [0.1, 0.15) is 42.5 Å². The maximum Gasteiger partial charge on any atom is 0.229 e. The van der Waals surface area contributed by atoms with E-state index < -0.39 is 0 Å². The van der Waals surface area contributed by atoms with Crippen LogP contribution < -0.4 is 15.0 Å². The fourth-order valence-electron chi connectivity index (χ4n) is 4.70. The predicted octanol–water partition coefficient (Wildman–Crippen LogP) is 5.99. The zero-order valence-corrected chi connectivity index (χ0v) is 21.0. The van der Waals surface area contributed by atoms with Gasteiger partial charge in [-0.05, 0) is 43.9 Å². The molecule has 2 aromatic heterocycles. The standard InChI is InChI=1S/C27H29ClN6O/c1-4-33(2)26-21-12-8-11-20(18-9-6-5-7-10-18)25(21)31-27(32-26)30-19-13-14-22(23(15-19)35-3)34-16-24(28)29-17-34/h5-7,9-10,13-17,20H,4,8,11-12H2,1-3H3,(H,30,31,32)/t20-/m0/s1. The molecule has 0 bridgehead atoms. The van der Waals surface area contributed by atoms with Crippen molar-refractivity contribution in [3.63, 3.8) is 0 Å². The average Bonchev–Trinajstić information content (AvgIpc) is 3.33. The van der Waals surface area contributed by atoms with Crippen LogP contribution in [0.15, 0.2) is 61.1 Å². The van der Waals surface area contributed by atoms with Gasteiger partial charge in [0, 0.05) is 43.0 Å². The summed E-state index contributed by atoms with van der Waals surface area (Å²) >= 11 is 6.01. The van der Waals surface area contributed by atoms with E-state index in [4.69, 9.17) is 26.3 Å². The summed E-state index contributed by atoms with van der Waals surface area (Å²) in [7, 11) is 3.74. The Morgan fingerprint density at radius 1 is 1.17 bits per heavy atom. The van der Waals surface area contributed by atoms with E-state index in [9.17, 15) is 0 Å². The molecule has 7 nitrogen and oxygen atoms in total. The van der Waals surface area contributed by atoms with Gasteiger partial charge < -0.3 is 19.5 Å². The van der Waals surface area contributed by atoms with Gasteiger partial charge in [-0.2, -0.15) is 4.98 Å². The highest BCUT2D eigenvalue weighted by Gasteiger charge is 2.28. The Morgan fingerprint density at radius 3 is 2.71 bits per heavy atom. The Morgan fingerprint density at radius 2 is 2.00 bits per heavy atom. The highest BCUT2D eigenvalue weighted by Crippen LogP contribution is 2.40. The second-order valence-electron chi connectivity index (χ2n) is 8.72. The lowest BCUT2D eigenvalue weighted by molar-refractivity contribution is 0.413. The molecule has 1 aliphatic carbocycles. The molecule has 2 heterocycles. The summed E-state index contributed by atoms with van der Waals surface area (Å²) in [5.41, 5.74) is 5.36. The van der Waals surface area contributed by atoms with Crippen molar-refractivity contribution in [3.05, 3.63) is 83.0 Å². The van der Waals surface area contributed by atoms with Crippen molar-refractivity contribution >= 4 is 29.1 Å². The van der Waals surface area contributed by atoms with E-state index in [1.54, 1.807) is 19.6 Å². The van der Waals surface area contributed by atoms with Crippen molar-refractivity contribution in [3.8, 4) is 11.4 Å². The molecule has 0 fully saturated rings. The van der Waals surface area contributed by atoms with Crippen LogP contribution in [0.4, 0.5) is 17.5 Å². The molecule has 0 unspecified atom stereocenters. The first kappa shape index (κ1) is 23.2. The molecule has 4 aromatic rings. The van der Waals surface area contributed by atoms with E-state index in [2.05, 4.69) is 59.5 Å². The number of fused-ring (bicyclic) bond motifs is 1. The van der Waals surface area contributed by atoms with Gasteiger partial charge in [0.1, 0.15) is 23.0 Å². The van der Waals surface area contributed by atoms with Crippen LogP contribution in [0.5, 0.6) is 5.75 Å². The number of hydrogen-bond acceptors (Lipinski definition) is 6. The Bertz CT molecular complexity index is 1320. The molecule has 1 atom stereocenters. The third-order valence-corrected chi connectivity index (χ3v) is 6.77. The van der Waals surface area contributed by atoms with Gasteiger partial charge in [0.2, 0.25) is 5.95 Å². The molecule has 0 radical (unpaired) electrons. The normalized spacial score (nSPS) is 14.9. The summed E-state index contributed by atoms with van der Waals surface area (Å²) in [6.07, 6.45) is 6.61. The van der Waals surface area contributed by atoms with Crippen LogP contribution in [0.3, 0.4) is 0 Å². The number of ether oxygens (including phenoxy) is 1. The number of hydrogen-bond donors (Lipinski definition) is 1. The number of methoxy groups -OCH3 is 1. The minimum atomic E-state index is 0.260. The minimum Gasteiger partial charge on any atom is -0.494 e. The maximum atomic E-state index is 6.01. The summed E-state index contributed by atoms with van der Waals surface area (Å²) < 4.78 is 7.48. The molecule has 1 N–H and O–H groups in total. The molecule has 180 valence electrons. The van der Waals surface area contributed by atoms with E-state index in [0.29, 0.717) is 16.9 Å². The van der Waals surface area contributed by atoms with Crippen molar-refractivity contribution < 1.29 is 4.74 Å². The van der Waals surface area contributed by atoms with Gasteiger partial charge in [-0.3, -0.25) is 0 Å². The van der Waals surface area contributed by atoms with Crippen molar-refractivity contribution in [1.29, 1.82) is 0 Å². The van der Waals surface area contributed by atoms with Gasteiger partial charge in [0.15, 0.2) is 0 Å². The van der Waals surface area contributed by atoms with Crippen LogP contribution in [0.25, 0.3) is 5.69 Å². The molecule has 8 heteroatoms. The lowest BCUT2D eigenvalue weighted by atomic mass is 9.82. The fourth-order valence-corrected chi connectivity index (χ4v) is 4.85. The van der Waals surface area contributed by atoms with Crippen LogP contribution in [-0.4, -0.2) is 40.2 Å².